The van der Waals surface area contributed by atoms with Crippen LogP contribution in [-0.4, -0.2) is 88.5 Å². The minimum atomic E-state index is -0.324. The molecule has 10 nitrogen and oxygen atoms in total. The van der Waals surface area contributed by atoms with Crippen molar-refractivity contribution >= 4 is 50.1 Å². The molecule has 1 fully saturated rings. The van der Waals surface area contributed by atoms with E-state index in [0.29, 0.717) is 13.0 Å². The molecule has 188 valence electrons. The Labute approximate surface area is 213 Å². The number of nitrogens with zero attached hydrogens (tertiary/aromatic N) is 5. The molecular formula is C25H30N8O2S. The van der Waals surface area contributed by atoms with Crippen LogP contribution < -0.4 is 10.6 Å². The SMILES string of the molecule is CN1CCN(CCNC(=O)OC2CCc3c(sc4ncnc(Nc5ccc6[nH]ncc6c5)c34)C2)CC1. The fourth-order valence-electron chi connectivity index (χ4n) is 5.01. The number of nitrogens with one attached hydrogen (secondary N) is 3. The Hall–Kier alpha value is -3.28. The van der Waals surface area contributed by atoms with Crippen LogP contribution in [0.4, 0.5) is 16.3 Å². The van der Waals surface area contributed by atoms with E-state index in [9.17, 15) is 4.79 Å². The second kappa shape index (κ2) is 10.00. The number of rotatable bonds is 6. The number of thiophene rings is 1. The van der Waals surface area contributed by atoms with Gasteiger partial charge >= 0.3 is 6.09 Å². The van der Waals surface area contributed by atoms with Crippen LogP contribution in [0.15, 0.2) is 30.7 Å². The van der Waals surface area contributed by atoms with Gasteiger partial charge in [0.2, 0.25) is 0 Å². The Balaban J connectivity index is 1.09. The molecule has 3 aromatic heterocycles. The van der Waals surface area contributed by atoms with Crippen LogP contribution in [0.3, 0.4) is 0 Å². The summed E-state index contributed by atoms with van der Waals surface area (Å²) in [6, 6.07) is 6.07. The number of alkyl carbamates (subject to hydrolysis) is 1. The number of fused-ring (bicyclic) bond motifs is 4. The number of benzene rings is 1. The molecule has 36 heavy (non-hydrogen) atoms. The third-order valence-corrected chi connectivity index (χ3v) is 8.23. The van der Waals surface area contributed by atoms with Gasteiger partial charge in [-0.3, -0.25) is 10.00 Å². The lowest BCUT2D eigenvalue weighted by atomic mass is 9.94. The van der Waals surface area contributed by atoms with Crippen molar-refractivity contribution < 1.29 is 9.53 Å². The molecule has 4 heterocycles. The van der Waals surface area contributed by atoms with Crippen molar-refractivity contribution in [2.75, 3.05) is 51.6 Å². The van der Waals surface area contributed by atoms with E-state index in [4.69, 9.17) is 4.74 Å². The lowest BCUT2D eigenvalue weighted by molar-refractivity contribution is 0.0883. The topological polar surface area (TPSA) is 111 Å². The number of amides is 1. The summed E-state index contributed by atoms with van der Waals surface area (Å²) in [5.41, 5.74) is 3.21. The highest BCUT2D eigenvalue weighted by Crippen LogP contribution is 2.39. The molecule has 4 aromatic rings. The van der Waals surface area contributed by atoms with Crippen molar-refractivity contribution in [3.8, 4) is 0 Å². The van der Waals surface area contributed by atoms with Gasteiger partial charge in [0.25, 0.3) is 0 Å². The first-order valence-electron chi connectivity index (χ1n) is 12.4. The summed E-state index contributed by atoms with van der Waals surface area (Å²) in [6.07, 6.45) is 5.30. The predicted octanol–water partition coefficient (Wildman–Crippen LogP) is 3.14. The fourth-order valence-corrected chi connectivity index (χ4v) is 6.26. The van der Waals surface area contributed by atoms with Crippen molar-refractivity contribution in [1.82, 2.24) is 35.3 Å². The largest absolute Gasteiger partial charge is 0.446 e. The zero-order valence-corrected chi connectivity index (χ0v) is 21.1. The normalized spacial score (nSPS) is 18.9. The zero-order valence-electron chi connectivity index (χ0n) is 20.3. The molecular weight excluding hydrogens is 476 g/mol. The average molecular weight is 507 g/mol. The minimum absolute atomic E-state index is 0.123. The lowest BCUT2D eigenvalue weighted by Gasteiger charge is -2.32. The number of hydrogen-bond acceptors (Lipinski definition) is 9. The van der Waals surface area contributed by atoms with Gasteiger partial charge in [-0.05, 0) is 43.7 Å². The monoisotopic (exact) mass is 506 g/mol. The number of piperazine rings is 1. The number of hydrogen-bond donors (Lipinski definition) is 3. The van der Waals surface area contributed by atoms with Gasteiger partial charge in [0.1, 0.15) is 23.1 Å². The molecule has 1 aromatic carbocycles. The second-order valence-electron chi connectivity index (χ2n) is 9.55. The van der Waals surface area contributed by atoms with Gasteiger partial charge in [0.05, 0.1) is 17.1 Å². The van der Waals surface area contributed by atoms with E-state index < -0.39 is 0 Å². The van der Waals surface area contributed by atoms with Crippen molar-refractivity contribution in [3.05, 3.63) is 41.2 Å². The summed E-state index contributed by atoms with van der Waals surface area (Å²) in [4.78, 5) is 28.4. The van der Waals surface area contributed by atoms with Crippen LogP contribution in [0.5, 0.6) is 0 Å². The smallest absolute Gasteiger partial charge is 0.407 e. The molecule has 11 heteroatoms. The summed E-state index contributed by atoms with van der Waals surface area (Å²) < 4.78 is 5.78. The van der Waals surface area contributed by atoms with Crippen molar-refractivity contribution in [2.45, 2.75) is 25.4 Å². The zero-order chi connectivity index (χ0) is 24.5. The summed E-state index contributed by atoms with van der Waals surface area (Å²) in [6.45, 7) is 5.70. The molecule has 1 saturated heterocycles. The minimum Gasteiger partial charge on any atom is -0.446 e. The highest BCUT2D eigenvalue weighted by Gasteiger charge is 2.27. The van der Waals surface area contributed by atoms with Gasteiger partial charge in [-0.1, -0.05) is 0 Å². The predicted molar refractivity (Wildman–Crippen MR) is 141 cm³/mol. The molecule has 0 bridgehead atoms. The van der Waals surface area contributed by atoms with Crippen molar-refractivity contribution in [2.24, 2.45) is 0 Å². The standard InChI is InChI=1S/C25H30N8O2S/c1-32-8-10-33(11-9-32)7-6-26-25(34)35-18-3-4-19-21(13-18)36-24-22(19)23(27-15-28-24)30-17-2-5-20-16(12-17)14-29-31-20/h2,5,12,14-15,18H,3-4,6-11,13H2,1H3,(H,26,34)(H,29,31)(H,27,28,30). The summed E-state index contributed by atoms with van der Waals surface area (Å²) in [7, 11) is 2.14. The van der Waals surface area contributed by atoms with Crippen LogP contribution >= 0.6 is 11.3 Å². The molecule has 0 saturated carbocycles. The van der Waals surface area contributed by atoms with E-state index in [2.05, 4.69) is 53.7 Å². The first-order chi connectivity index (χ1) is 17.6. The van der Waals surface area contributed by atoms with E-state index >= 15 is 0 Å². The van der Waals surface area contributed by atoms with Crippen LogP contribution in [0.25, 0.3) is 21.1 Å². The van der Waals surface area contributed by atoms with E-state index in [0.717, 1.165) is 78.2 Å². The van der Waals surface area contributed by atoms with Gasteiger partial charge in [-0.2, -0.15) is 5.10 Å². The highest BCUT2D eigenvalue weighted by molar-refractivity contribution is 7.19. The Morgan fingerprint density at radius 3 is 3.03 bits per heavy atom. The maximum Gasteiger partial charge on any atom is 0.407 e. The average Bonchev–Trinajstić information content (AvgIpc) is 3.49. The van der Waals surface area contributed by atoms with Crippen LogP contribution in [-0.2, 0) is 17.6 Å². The van der Waals surface area contributed by atoms with E-state index in [1.807, 2.05) is 18.3 Å². The van der Waals surface area contributed by atoms with Gasteiger partial charge in [0, 0.05) is 61.6 Å². The van der Waals surface area contributed by atoms with E-state index in [-0.39, 0.29) is 12.2 Å². The Morgan fingerprint density at radius 1 is 1.25 bits per heavy atom. The molecule has 6 rings (SSSR count). The molecule has 1 unspecified atom stereocenters. The lowest BCUT2D eigenvalue weighted by Crippen LogP contribution is -2.47. The number of ether oxygens (including phenoxy) is 1. The van der Waals surface area contributed by atoms with E-state index in [1.165, 1.54) is 10.4 Å². The summed E-state index contributed by atoms with van der Waals surface area (Å²) in [5, 5.41) is 15.6. The van der Waals surface area contributed by atoms with Crippen LogP contribution in [0.2, 0.25) is 0 Å². The Bertz CT molecular complexity index is 1380. The van der Waals surface area contributed by atoms with Gasteiger partial charge < -0.3 is 20.3 Å². The number of aromatic nitrogens is 4. The van der Waals surface area contributed by atoms with Gasteiger partial charge in [-0.25, -0.2) is 14.8 Å². The second-order valence-corrected chi connectivity index (χ2v) is 10.6. The fraction of sp³-hybridized carbons (Fsp3) is 0.440. The van der Waals surface area contributed by atoms with Gasteiger partial charge in [-0.15, -0.1) is 11.3 Å². The third kappa shape index (κ3) is 4.86. The first kappa shape index (κ1) is 23.1. The number of aryl methyl sites for hydroxylation is 1. The maximum atomic E-state index is 12.4. The number of anilines is 2. The molecule has 2 aliphatic rings. The van der Waals surface area contributed by atoms with Crippen LogP contribution in [0, 0.1) is 0 Å². The first-order valence-corrected chi connectivity index (χ1v) is 13.2. The molecule has 0 radical (unpaired) electrons. The van der Waals surface area contributed by atoms with Crippen molar-refractivity contribution in [1.29, 1.82) is 0 Å². The van der Waals surface area contributed by atoms with Crippen molar-refractivity contribution in [3.63, 3.8) is 0 Å². The van der Waals surface area contributed by atoms with E-state index in [1.54, 1.807) is 17.7 Å². The Morgan fingerprint density at radius 2 is 2.14 bits per heavy atom. The summed E-state index contributed by atoms with van der Waals surface area (Å²) in [5.74, 6) is 0.807. The highest BCUT2D eigenvalue weighted by atomic mass is 32.1. The molecule has 1 aliphatic carbocycles. The number of carbonyl (C=O) groups is 1. The maximum absolute atomic E-state index is 12.4. The quantitative estimate of drug-likeness (QED) is 0.366. The molecule has 1 amide bonds. The molecule has 0 spiro atoms. The number of likely N-dealkylation sites (N-methyl/N-ethyl adjacent to an activating group) is 1. The number of aromatic amines is 1. The molecule has 1 aliphatic heterocycles. The van der Waals surface area contributed by atoms with Gasteiger partial charge in [0.15, 0.2) is 0 Å². The summed E-state index contributed by atoms with van der Waals surface area (Å²) >= 11 is 1.67. The molecule has 1 atom stereocenters. The third-order valence-electron chi connectivity index (χ3n) is 7.07. The molecule has 3 N–H and O–H groups in total. The number of H-pyrrole nitrogens is 1. The number of carbonyl (C=O) groups excluding carboxylic acids is 1. The van der Waals surface area contributed by atoms with Crippen LogP contribution in [0.1, 0.15) is 16.9 Å². The Kier molecular flexibility index (Phi) is 6.43.